The van der Waals surface area contributed by atoms with Crippen molar-refractivity contribution in [2.45, 2.75) is 19.9 Å². The number of carbonyl (C=O) groups is 1. The van der Waals surface area contributed by atoms with E-state index in [9.17, 15) is 14.0 Å². The number of benzene rings is 2. The van der Waals surface area contributed by atoms with Gasteiger partial charge in [-0.15, -0.1) is 0 Å². The van der Waals surface area contributed by atoms with Crippen LogP contribution in [0.1, 0.15) is 31.0 Å². The van der Waals surface area contributed by atoms with Crippen LogP contribution in [-0.4, -0.2) is 17.1 Å². The molecule has 3 aromatic rings. The summed E-state index contributed by atoms with van der Waals surface area (Å²) in [7, 11) is 0. The summed E-state index contributed by atoms with van der Waals surface area (Å²) >= 11 is 1.20. The number of esters is 1. The molecule has 1 aromatic heterocycles. The second kappa shape index (κ2) is 9.28. The minimum atomic E-state index is -0.952. The monoisotopic (exact) mass is 448 g/mol. The standard InChI is InChI=1S/C25H21FN2O3S/c1-3-31-24(30)21-16(2)27-25-28(22(21)18-13-7-8-14-19(18)26)23(29)20(32-25)15-9-12-17-10-5-4-6-11-17/h4-15,22H,3H2,1-2H3/b12-9+,20-15+/t22-/m1/s1. The van der Waals surface area contributed by atoms with Gasteiger partial charge in [0.2, 0.25) is 0 Å². The molecule has 1 atom stereocenters. The molecule has 0 saturated heterocycles. The van der Waals surface area contributed by atoms with Crippen molar-refractivity contribution in [3.8, 4) is 0 Å². The average Bonchev–Trinajstić information content (AvgIpc) is 3.09. The number of aromatic nitrogens is 1. The fraction of sp³-hybridized carbons (Fsp3) is 0.160. The molecular weight excluding hydrogens is 427 g/mol. The molecule has 2 heterocycles. The number of rotatable bonds is 5. The van der Waals surface area contributed by atoms with E-state index in [0.717, 1.165) is 5.56 Å². The van der Waals surface area contributed by atoms with Crippen molar-refractivity contribution in [3.63, 3.8) is 0 Å². The maximum Gasteiger partial charge on any atom is 0.338 e. The van der Waals surface area contributed by atoms with E-state index in [4.69, 9.17) is 4.74 Å². The molecule has 1 aliphatic rings. The maximum atomic E-state index is 14.8. The summed E-state index contributed by atoms with van der Waals surface area (Å²) in [6, 6.07) is 14.9. The zero-order valence-corrected chi connectivity index (χ0v) is 18.4. The predicted molar refractivity (Wildman–Crippen MR) is 123 cm³/mol. The Balaban J connectivity index is 1.88. The van der Waals surface area contributed by atoms with E-state index in [0.29, 0.717) is 15.0 Å². The molecule has 7 heteroatoms. The topological polar surface area (TPSA) is 60.7 Å². The van der Waals surface area contributed by atoms with Crippen LogP contribution in [0, 0.1) is 5.82 Å². The Morgan fingerprint density at radius 3 is 2.62 bits per heavy atom. The van der Waals surface area contributed by atoms with Gasteiger partial charge in [0.05, 0.1) is 22.4 Å². The largest absolute Gasteiger partial charge is 0.463 e. The first-order valence-corrected chi connectivity index (χ1v) is 11.0. The van der Waals surface area contributed by atoms with Gasteiger partial charge in [0.15, 0.2) is 4.80 Å². The van der Waals surface area contributed by atoms with Crippen LogP contribution in [0.2, 0.25) is 0 Å². The average molecular weight is 449 g/mol. The minimum absolute atomic E-state index is 0.161. The molecule has 2 aromatic carbocycles. The number of ether oxygens (including phenoxy) is 1. The van der Waals surface area contributed by atoms with Gasteiger partial charge in [-0.2, -0.15) is 0 Å². The second-order valence-electron chi connectivity index (χ2n) is 7.12. The minimum Gasteiger partial charge on any atom is -0.463 e. The lowest BCUT2D eigenvalue weighted by molar-refractivity contribution is -0.139. The van der Waals surface area contributed by atoms with E-state index in [2.05, 4.69) is 4.99 Å². The Morgan fingerprint density at radius 1 is 1.19 bits per heavy atom. The summed E-state index contributed by atoms with van der Waals surface area (Å²) in [5.41, 5.74) is 1.45. The lowest BCUT2D eigenvalue weighted by Crippen LogP contribution is -2.40. The SMILES string of the molecule is CCOC(=O)C1=C(C)N=c2s/c(=C/C=C/c3ccccc3)c(=O)n2[C@@H]1c1ccccc1F. The molecule has 0 spiro atoms. The van der Waals surface area contributed by atoms with Crippen LogP contribution in [0.3, 0.4) is 0 Å². The third-order valence-corrected chi connectivity index (χ3v) is 6.05. The predicted octanol–water partition coefficient (Wildman–Crippen LogP) is 3.60. The lowest BCUT2D eigenvalue weighted by Gasteiger charge is -2.24. The van der Waals surface area contributed by atoms with Crippen molar-refractivity contribution in [1.29, 1.82) is 0 Å². The van der Waals surface area contributed by atoms with E-state index in [1.54, 1.807) is 44.2 Å². The Labute approximate surface area is 188 Å². The number of nitrogens with zero attached hydrogens (tertiary/aromatic N) is 2. The molecule has 32 heavy (non-hydrogen) atoms. The molecule has 0 unspecified atom stereocenters. The van der Waals surface area contributed by atoms with Crippen LogP contribution in [0.5, 0.6) is 0 Å². The van der Waals surface area contributed by atoms with Gasteiger partial charge < -0.3 is 4.74 Å². The van der Waals surface area contributed by atoms with Gasteiger partial charge in [0.25, 0.3) is 5.56 Å². The fourth-order valence-corrected chi connectivity index (χ4v) is 4.61. The van der Waals surface area contributed by atoms with Gasteiger partial charge in [-0.1, -0.05) is 72.0 Å². The van der Waals surface area contributed by atoms with Gasteiger partial charge in [-0.25, -0.2) is 14.2 Å². The summed E-state index contributed by atoms with van der Waals surface area (Å²) in [6.07, 6.45) is 5.39. The van der Waals surface area contributed by atoms with Crippen molar-refractivity contribution < 1.29 is 13.9 Å². The lowest BCUT2D eigenvalue weighted by atomic mass is 9.95. The summed E-state index contributed by atoms with van der Waals surface area (Å²) in [5, 5.41) is 0. The van der Waals surface area contributed by atoms with Crippen LogP contribution in [0.25, 0.3) is 12.2 Å². The summed E-state index contributed by atoms with van der Waals surface area (Å²) in [5.74, 6) is -1.12. The van der Waals surface area contributed by atoms with E-state index >= 15 is 0 Å². The molecule has 0 radical (unpaired) electrons. The number of carbonyl (C=O) groups excluding carboxylic acids is 1. The van der Waals surface area contributed by atoms with Crippen molar-refractivity contribution in [2.75, 3.05) is 6.61 Å². The van der Waals surface area contributed by atoms with Crippen LogP contribution >= 0.6 is 11.3 Å². The normalized spacial score (nSPS) is 16.2. The Bertz CT molecular complexity index is 1400. The van der Waals surface area contributed by atoms with Crippen LogP contribution in [-0.2, 0) is 9.53 Å². The van der Waals surface area contributed by atoms with Crippen molar-refractivity contribution >= 4 is 29.5 Å². The first-order chi connectivity index (χ1) is 15.5. The van der Waals surface area contributed by atoms with Crippen LogP contribution in [0.4, 0.5) is 4.39 Å². The molecule has 0 aliphatic carbocycles. The van der Waals surface area contributed by atoms with E-state index < -0.39 is 17.8 Å². The van der Waals surface area contributed by atoms with Gasteiger partial charge >= 0.3 is 5.97 Å². The zero-order valence-electron chi connectivity index (χ0n) is 17.6. The molecule has 162 valence electrons. The quantitative estimate of drug-likeness (QED) is 0.561. The number of allylic oxidation sites excluding steroid dienone is 2. The molecule has 4 rings (SSSR count). The summed E-state index contributed by atoms with van der Waals surface area (Å²) in [4.78, 5) is 31.0. The number of halogens is 1. The van der Waals surface area contributed by atoms with Crippen LogP contribution < -0.4 is 14.9 Å². The van der Waals surface area contributed by atoms with Crippen molar-refractivity contribution in [3.05, 3.63) is 109 Å². The van der Waals surface area contributed by atoms with Gasteiger partial charge in [0, 0.05) is 5.56 Å². The highest BCUT2D eigenvalue weighted by Crippen LogP contribution is 2.31. The van der Waals surface area contributed by atoms with Crippen LogP contribution in [0.15, 0.2) is 81.7 Å². The first-order valence-electron chi connectivity index (χ1n) is 10.2. The Hall–Kier alpha value is -3.58. The zero-order chi connectivity index (χ0) is 22.7. The van der Waals surface area contributed by atoms with Gasteiger partial charge in [0.1, 0.15) is 11.9 Å². The van der Waals surface area contributed by atoms with Gasteiger partial charge in [-0.3, -0.25) is 9.36 Å². The molecule has 0 fully saturated rings. The van der Waals surface area contributed by atoms with E-state index in [-0.39, 0.29) is 23.3 Å². The Morgan fingerprint density at radius 2 is 1.91 bits per heavy atom. The number of hydrogen-bond acceptors (Lipinski definition) is 5. The molecule has 1 aliphatic heterocycles. The third kappa shape index (κ3) is 4.11. The smallest absolute Gasteiger partial charge is 0.338 e. The number of thiazole rings is 1. The second-order valence-corrected chi connectivity index (χ2v) is 8.13. The van der Waals surface area contributed by atoms with E-state index in [1.165, 1.54) is 22.0 Å². The first kappa shape index (κ1) is 21.6. The molecule has 0 bridgehead atoms. The molecule has 0 amide bonds. The Kier molecular flexibility index (Phi) is 6.28. The van der Waals surface area contributed by atoms with Crippen molar-refractivity contribution in [2.24, 2.45) is 4.99 Å². The highest BCUT2D eigenvalue weighted by Gasteiger charge is 2.34. The highest BCUT2D eigenvalue weighted by molar-refractivity contribution is 7.07. The van der Waals surface area contributed by atoms with Gasteiger partial charge in [-0.05, 0) is 31.6 Å². The number of fused-ring (bicyclic) bond motifs is 1. The number of hydrogen-bond donors (Lipinski definition) is 0. The maximum absolute atomic E-state index is 14.8. The van der Waals surface area contributed by atoms with Crippen molar-refractivity contribution in [1.82, 2.24) is 4.57 Å². The molecule has 0 saturated carbocycles. The summed E-state index contributed by atoms with van der Waals surface area (Å²) < 4.78 is 21.8. The summed E-state index contributed by atoms with van der Waals surface area (Å²) in [6.45, 7) is 3.53. The molecule has 0 N–H and O–H groups in total. The van der Waals surface area contributed by atoms with E-state index in [1.807, 2.05) is 36.4 Å². The fourth-order valence-electron chi connectivity index (χ4n) is 3.61. The third-order valence-electron chi connectivity index (χ3n) is 5.05. The molecular formula is C25H21FN2O3S. The molecule has 5 nitrogen and oxygen atoms in total. The highest BCUT2D eigenvalue weighted by atomic mass is 32.1.